The lowest BCUT2D eigenvalue weighted by molar-refractivity contribution is 0.581. The second-order valence-electron chi connectivity index (χ2n) is 5.29. The molecule has 1 aromatic rings. The number of benzene rings is 1. The van der Waals surface area contributed by atoms with Gasteiger partial charge in [-0.1, -0.05) is 18.9 Å². The van der Waals surface area contributed by atoms with Gasteiger partial charge in [0.05, 0.1) is 22.3 Å². The van der Waals surface area contributed by atoms with Crippen LogP contribution in [0.2, 0.25) is 0 Å². The maximum Gasteiger partial charge on any atom is 0.179 e. The van der Waals surface area contributed by atoms with Crippen LogP contribution < -0.4 is 5.32 Å². The van der Waals surface area contributed by atoms with Crippen LogP contribution in [0.4, 0.5) is 0 Å². The molecule has 0 bridgehead atoms. The fraction of sp³-hybridized carbons (Fsp3) is 0.533. The Morgan fingerprint density at radius 3 is 2.80 bits per heavy atom. The molecule has 0 saturated heterocycles. The molecule has 4 nitrogen and oxygen atoms in total. The molecule has 20 heavy (non-hydrogen) atoms. The van der Waals surface area contributed by atoms with Gasteiger partial charge in [0.2, 0.25) is 0 Å². The van der Waals surface area contributed by atoms with Crippen molar-refractivity contribution in [2.24, 2.45) is 5.92 Å². The van der Waals surface area contributed by atoms with Gasteiger partial charge in [-0.3, -0.25) is 0 Å². The van der Waals surface area contributed by atoms with Crippen LogP contribution in [0.1, 0.15) is 31.2 Å². The summed E-state index contributed by atoms with van der Waals surface area (Å²) in [4.78, 5) is 0.233. The monoisotopic (exact) mass is 292 g/mol. The SMILES string of the molecule is N#Cc1cccc(S(=O)(=O)CCNCCCC2CC2)c1. The van der Waals surface area contributed by atoms with Crippen molar-refractivity contribution in [3.05, 3.63) is 29.8 Å². The van der Waals surface area contributed by atoms with Crippen LogP contribution in [-0.2, 0) is 9.84 Å². The first kappa shape index (κ1) is 15.0. The van der Waals surface area contributed by atoms with E-state index in [1.165, 1.54) is 25.3 Å². The molecule has 108 valence electrons. The normalized spacial score (nSPS) is 14.9. The average Bonchev–Trinajstić information content (AvgIpc) is 3.27. The van der Waals surface area contributed by atoms with Crippen molar-refractivity contribution >= 4 is 9.84 Å². The van der Waals surface area contributed by atoms with Crippen LogP contribution >= 0.6 is 0 Å². The van der Waals surface area contributed by atoms with E-state index >= 15 is 0 Å². The number of rotatable bonds is 8. The Hall–Kier alpha value is -1.38. The molecule has 5 heteroatoms. The molecule has 0 aliphatic heterocycles. The topological polar surface area (TPSA) is 70.0 Å². The summed E-state index contributed by atoms with van der Waals surface area (Å²) in [5, 5.41) is 12.0. The second-order valence-corrected chi connectivity index (χ2v) is 7.40. The summed E-state index contributed by atoms with van der Waals surface area (Å²) in [5.74, 6) is 1.000. The van der Waals surface area contributed by atoms with Gasteiger partial charge in [-0.25, -0.2) is 8.42 Å². The zero-order valence-electron chi connectivity index (χ0n) is 11.5. The van der Waals surface area contributed by atoms with Gasteiger partial charge in [0.1, 0.15) is 0 Å². The summed E-state index contributed by atoms with van der Waals surface area (Å²) in [6.07, 6.45) is 5.10. The standard InChI is InChI=1S/C15H20N2O2S/c16-12-14-3-1-5-15(11-14)20(18,19)10-9-17-8-2-4-13-6-7-13/h1,3,5,11,13,17H,2,4,6-10H2. The van der Waals surface area contributed by atoms with Crippen molar-refractivity contribution in [1.82, 2.24) is 5.32 Å². The van der Waals surface area contributed by atoms with Crippen LogP contribution in [0.15, 0.2) is 29.2 Å². The average molecular weight is 292 g/mol. The van der Waals surface area contributed by atoms with E-state index in [1.54, 1.807) is 18.2 Å². The number of sulfone groups is 1. The van der Waals surface area contributed by atoms with E-state index in [4.69, 9.17) is 5.26 Å². The van der Waals surface area contributed by atoms with E-state index in [0.717, 1.165) is 18.9 Å². The first-order chi connectivity index (χ1) is 9.62. The summed E-state index contributed by atoms with van der Waals surface area (Å²) < 4.78 is 24.2. The van der Waals surface area contributed by atoms with E-state index in [9.17, 15) is 8.42 Å². The van der Waals surface area contributed by atoms with Crippen LogP contribution in [0.25, 0.3) is 0 Å². The van der Waals surface area contributed by atoms with E-state index in [0.29, 0.717) is 12.1 Å². The van der Waals surface area contributed by atoms with Crippen molar-refractivity contribution < 1.29 is 8.42 Å². The lowest BCUT2D eigenvalue weighted by Gasteiger charge is -2.06. The second kappa shape index (κ2) is 6.87. The number of nitrogens with zero attached hydrogens (tertiary/aromatic N) is 1. The fourth-order valence-electron chi connectivity index (χ4n) is 2.13. The van der Waals surface area contributed by atoms with Crippen molar-refractivity contribution in [3.63, 3.8) is 0 Å². The maximum atomic E-state index is 12.1. The molecule has 0 spiro atoms. The van der Waals surface area contributed by atoms with E-state index in [1.807, 2.05) is 6.07 Å². The van der Waals surface area contributed by atoms with E-state index in [-0.39, 0.29) is 10.6 Å². The van der Waals surface area contributed by atoms with Crippen LogP contribution in [-0.4, -0.2) is 27.3 Å². The molecular weight excluding hydrogens is 272 g/mol. The minimum Gasteiger partial charge on any atom is -0.316 e. The molecule has 1 aromatic carbocycles. The zero-order valence-corrected chi connectivity index (χ0v) is 12.3. The fourth-order valence-corrected chi connectivity index (χ4v) is 3.37. The Balaban J connectivity index is 1.76. The van der Waals surface area contributed by atoms with Gasteiger partial charge in [0.25, 0.3) is 0 Å². The van der Waals surface area contributed by atoms with Crippen molar-refractivity contribution in [2.75, 3.05) is 18.8 Å². The number of hydrogen-bond acceptors (Lipinski definition) is 4. The van der Waals surface area contributed by atoms with Gasteiger partial charge in [-0.2, -0.15) is 5.26 Å². The maximum absolute atomic E-state index is 12.1. The Labute approximate surface area is 120 Å². The van der Waals surface area contributed by atoms with E-state index < -0.39 is 9.84 Å². The molecular formula is C15H20N2O2S. The number of nitriles is 1. The van der Waals surface area contributed by atoms with Crippen LogP contribution in [0, 0.1) is 17.2 Å². The van der Waals surface area contributed by atoms with Gasteiger partial charge < -0.3 is 5.32 Å². The third-order valence-corrected chi connectivity index (χ3v) is 5.25. The van der Waals surface area contributed by atoms with Crippen molar-refractivity contribution in [2.45, 2.75) is 30.6 Å². The Bertz CT molecular complexity index is 586. The van der Waals surface area contributed by atoms with Crippen LogP contribution in [0.3, 0.4) is 0 Å². The Morgan fingerprint density at radius 2 is 2.10 bits per heavy atom. The van der Waals surface area contributed by atoms with E-state index in [2.05, 4.69) is 5.32 Å². The molecule has 0 amide bonds. The predicted octanol–water partition coefficient (Wildman–Crippen LogP) is 2.11. The Kier molecular flexibility index (Phi) is 5.16. The Morgan fingerprint density at radius 1 is 1.30 bits per heavy atom. The molecule has 2 rings (SSSR count). The molecule has 1 aliphatic carbocycles. The molecule has 0 radical (unpaired) electrons. The van der Waals surface area contributed by atoms with Gasteiger partial charge in [-0.05, 0) is 43.5 Å². The smallest absolute Gasteiger partial charge is 0.179 e. The van der Waals surface area contributed by atoms with Gasteiger partial charge in [0, 0.05) is 6.54 Å². The number of hydrogen-bond donors (Lipinski definition) is 1. The highest BCUT2D eigenvalue weighted by atomic mass is 32.2. The minimum absolute atomic E-state index is 0.0747. The molecule has 0 heterocycles. The summed E-state index contributed by atoms with van der Waals surface area (Å²) >= 11 is 0. The first-order valence-corrected chi connectivity index (χ1v) is 8.71. The predicted molar refractivity (Wildman–Crippen MR) is 78.0 cm³/mol. The largest absolute Gasteiger partial charge is 0.316 e. The molecule has 1 N–H and O–H groups in total. The van der Waals surface area contributed by atoms with Crippen LogP contribution in [0.5, 0.6) is 0 Å². The third-order valence-electron chi connectivity index (χ3n) is 3.53. The molecule has 0 atom stereocenters. The molecule has 0 unspecified atom stereocenters. The molecule has 0 aromatic heterocycles. The first-order valence-electron chi connectivity index (χ1n) is 7.05. The highest BCUT2D eigenvalue weighted by Gasteiger charge is 2.20. The van der Waals surface area contributed by atoms with Gasteiger partial charge in [-0.15, -0.1) is 0 Å². The molecule has 1 aliphatic rings. The summed E-state index contributed by atoms with van der Waals surface area (Å²) in [7, 11) is -3.30. The highest BCUT2D eigenvalue weighted by molar-refractivity contribution is 7.91. The third kappa shape index (κ3) is 4.62. The summed E-state index contributed by atoms with van der Waals surface area (Å²) in [6.45, 7) is 1.34. The number of nitrogens with one attached hydrogen (secondary N) is 1. The van der Waals surface area contributed by atoms with Crippen molar-refractivity contribution in [3.8, 4) is 6.07 Å². The van der Waals surface area contributed by atoms with Crippen molar-refractivity contribution in [1.29, 1.82) is 5.26 Å². The quantitative estimate of drug-likeness (QED) is 0.745. The van der Waals surface area contributed by atoms with Gasteiger partial charge in [0.15, 0.2) is 9.84 Å². The van der Waals surface area contributed by atoms with Gasteiger partial charge >= 0.3 is 0 Å². The summed E-state index contributed by atoms with van der Waals surface area (Å²) in [5.41, 5.74) is 0.378. The molecule has 1 fully saturated rings. The highest BCUT2D eigenvalue weighted by Crippen LogP contribution is 2.33. The lowest BCUT2D eigenvalue weighted by Crippen LogP contribution is -2.24. The zero-order chi connectivity index (χ0) is 14.4. The minimum atomic E-state index is -3.30. The summed E-state index contributed by atoms with van der Waals surface area (Å²) in [6, 6.07) is 8.15. The lowest BCUT2D eigenvalue weighted by atomic mass is 10.2. The molecule has 1 saturated carbocycles.